The topological polar surface area (TPSA) is 20.2 Å². The quantitative estimate of drug-likeness (QED) is 0.584. The Labute approximate surface area is 62.9 Å². The van der Waals surface area contributed by atoms with E-state index in [9.17, 15) is 0 Å². The Hall–Kier alpha value is 0.310. The van der Waals surface area contributed by atoms with Crippen molar-refractivity contribution in [3.05, 3.63) is 0 Å². The second-order valence-corrected chi connectivity index (χ2v) is 3.56. The highest BCUT2D eigenvalue weighted by atomic mass is 32.1. The molecule has 0 saturated carbocycles. The van der Waals surface area contributed by atoms with Gasteiger partial charge < -0.3 is 5.11 Å². The standard InChI is InChI=1S/C7H16OS/c1-5(2)7(9)4-6(3)8/h5-9H,4H2,1-3H3. The lowest BCUT2D eigenvalue weighted by Gasteiger charge is -2.15. The molecule has 0 bridgehead atoms. The van der Waals surface area contributed by atoms with Gasteiger partial charge in [-0.05, 0) is 19.3 Å². The van der Waals surface area contributed by atoms with Crippen LogP contribution in [0.2, 0.25) is 0 Å². The van der Waals surface area contributed by atoms with Crippen LogP contribution in [0.4, 0.5) is 0 Å². The SMILES string of the molecule is CC(O)CC(S)C(C)C. The van der Waals surface area contributed by atoms with Gasteiger partial charge in [0, 0.05) is 5.25 Å². The van der Waals surface area contributed by atoms with Gasteiger partial charge in [0.05, 0.1) is 6.10 Å². The molecule has 0 aromatic heterocycles. The molecule has 0 aliphatic heterocycles. The van der Waals surface area contributed by atoms with E-state index in [-0.39, 0.29) is 6.10 Å². The summed E-state index contributed by atoms with van der Waals surface area (Å²) in [6.45, 7) is 6.02. The minimum Gasteiger partial charge on any atom is -0.393 e. The van der Waals surface area contributed by atoms with Crippen LogP contribution in [0.1, 0.15) is 27.2 Å². The number of aliphatic hydroxyl groups is 1. The van der Waals surface area contributed by atoms with Crippen LogP contribution in [0.5, 0.6) is 0 Å². The third kappa shape index (κ3) is 4.79. The average molecular weight is 148 g/mol. The molecule has 2 unspecified atom stereocenters. The van der Waals surface area contributed by atoms with Crippen molar-refractivity contribution in [2.24, 2.45) is 5.92 Å². The normalized spacial score (nSPS) is 18.0. The minimum atomic E-state index is -0.213. The zero-order valence-electron chi connectivity index (χ0n) is 6.33. The summed E-state index contributed by atoms with van der Waals surface area (Å²) < 4.78 is 0. The fourth-order valence-electron chi connectivity index (χ4n) is 0.622. The van der Waals surface area contributed by atoms with E-state index in [0.29, 0.717) is 11.2 Å². The Bertz CT molecular complexity index is 71.3. The maximum absolute atomic E-state index is 8.92. The molecule has 2 atom stereocenters. The molecule has 0 aromatic rings. The molecule has 0 aromatic carbocycles. The molecule has 0 fully saturated rings. The molecule has 9 heavy (non-hydrogen) atoms. The first-order chi connectivity index (χ1) is 4.04. The van der Waals surface area contributed by atoms with Gasteiger partial charge in [-0.15, -0.1) is 0 Å². The Morgan fingerprint density at radius 2 is 1.78 bits per heavy atom. The molecular weight excluding hydrogens is 132 g/mol. The Kier molecular flexibility index (Phi) is 4.32. The van der Waals surface area contributed by atoms with Crippen LogP contribution in [0, 0.1) is 5.92 Å². The van der Waals surface area contributed by atoms with Crippen molar-refractivity contribution in [2.75, 3.05) is 0 Å². The molecule has 1 N–H and O–H groups in total. The third-order valence-corrected chi connectivity index (χ3v) is 2.16. The fourth-order valence-corrected chi connectivity index (χ4v) is 0.927. The number of hydrogen-bond donors (Lipinski definition) is 2. The van der Waals surface area contributed by atoms with Gasteiger partial charge in [0.2, 0.25) is 0 Å². The number of aliphatic hydroxyl groups excluding tert-OH is 1. The summed E-state index contributed by atoms with van der Waals surface area (Å²) in [5, 5.41) is 9.26. The number of thiol groups is 1. The predicted molar refractivity (Wildman–Crippen MR) is 43.9 cm³/mol. The first-order valence-electron chi connectivity index (χ1n) is 3.40. The average Bonchev–Trinajstić information content (AvgIpc) is 1.63. The van der Waals surface area contributed by atoms with Gasteiger partial charge in [-0.2, -0.15) is 12.6 Å². The van der Waals surface area contributed by atoms with Gasteiger partial charge >= 0.3 is 0 Å². The highest BCUT2D eigenvalue weighted by Crippen LogP contribution is 2.14. The van der Waals surface area contributed by atoms with Crippen molar-refractivity contribution in [1.29, 1.82) is 0 Å². The van der Waals surface area contributed by atoms with Gasteiger partial charge in [0.1, 0.15) is 0 Å². The van der Waals surface area contributed by atoms with Crippen molar-refractivity contribution < 1.29 is 5.11 Å². The molecule has 0 rings (SSSR count). The van der Waals surface area contributed by atoms with Crippen LogP contribution >= 0.6 is 12.6 Å². The van der Waals surface area contributed by atoms with Crippen LogP contribution in [0.15, 0.2) is 0 Å². The lowest BCUT2D eigenvalue weighted by atomic mass is 10.1. The molecule has 2 heteroatoms. The molecule has 0 aliphatic carbocycles. The van der Waals surface area contributed by atoms with Crippen molar-refractivity contribution >= 4 is 12.6 Å². The van der Waals surface area contributed by atoms with Gasteiger partial charge in [-0.25, -0.2) is 0 Å². The molecule has 0 saturated heterocycles. The predicted octanol–water partition coefficient (Wildman–Crippen LogP) is 1.71. The molecule has 0 amide bonds. The van der Waals surface area contributed by atoms with Crippen LogP contribution in [-0.4, -0.2) is 16.5 Å². The van der Waals surface area contributed by atoms with Gasteiger partial charge in [0.25, 0.3) is 0 Å². The van der Waals surface area contributed by atoms with E-state index in [0.717, 1.165) is 6.42 Å². The van der Waals surface area contributed by atoms with E-state index >= 15 is 0 Å². The second kappa shape index (κ2) is 4.18. The van der Waals surface area contributed by atoms with Gasteiger partial charge in [0.15, 0.2) is 0 Å². The lowest BCUT2D eigenvalue weighted by molar-refractivity contribution is 0.179. The van der Waals surface area contributed by atoms with Crippen LogP contribution in [-0.2, 0) is 0 Å². The van der Waals surface area contributed by atoms with Crippen LogP contribution in [0.25, 0.3) is 0 Å². The summed E-state index contributed by atoms with van der Waals surface area (Å²) in [5.41, 5.74) is 0. The fraction of sp³-hybridized carbons (Fsp3) is 1.00. The van der Waals surface area contributed by atoms with E-state index in [1.807, 2.05) is 0 Å². The molecule has 56 valence electrons. The minimum absolute atomic E-state index is 0.213. The maximum atomic E-state index is 8.92. The molecule has 0 spiro atoms. The van der Waals surface area contributed by atoms with E-state index in [1.54, 1.807) is 6.92 Å². The second-order valence-electron chi connectivity index (χ2n) is 2.90. The summed E-state index contributed by atoms with van der Waals surface area (Å²) in [7, 11) is 0. The van der Waals surface area contributed by atoms with E-state index in [2.05, 4.69) is 26.5 Å². The maximum Gasteiger partial charge on any atom is 0.0522 e. The van der Waals surface area contributed by atoms with E-state index in [1.165, 1.54) is 0 Å². The van der Waals surface area contributed by atoms with E-state index in [4.69, 9.17) is 5.11 Å². The Morgan fingerprint density at radius 1 is 1.33 bits per heavy atom. The van der Waals surface area contributed by atoms with Gasteiger partial charge in [-0.3, -0.25) is 0 Å². The summed E-state index contributed by atoms with van der Waals surface area (Å²) in [6, 6.07) is 0. The zero-order valence-corrected chi connectivity index (χ0v) is 7.23. The smallest absolute Gasteiger partial charge is 0.0522 e. The van der Waals surface area contributed by atoms with Crippen LogP contribution in [0.3, 0.4) is 0 Å². The summed E-state index contributed by atoms with van der Waals surface area (Å²) in [4.78, 5) is 0. The lowest BCUT2D eigenvalue weighted by Crippen LogP contribution is -2.14. The molecule has 0 aliphatic rings. The molecule has 0 radical (unpaired) electrons. The Balaban J connectivity index is 3.38. The van der Waals surface area contributed by atoms with Crippen molar-refractivity contribution in [3.63, 3.8) is 0 Å². The van der Waals surface area contributed by atoms with Crippen molar-refractivity contribution in [1.82, 2.24) is 0 Å². The highest BCUT2D eigenvalue weighted by Gasteiger charge is 2.09. The first kappa shape index (κ1) is 9.31. The van der Waals surface area contributed by atoms with Gasteiger partial charge in [-0.1, -0.05) is 13.8 Å². The molecule has 1 nitrogen and oxygen atoms in total. The Morgan fingerprint density at radius 3 is 1.89 bits per heavy atom. The van der Waals surface area contributed by atoms with Crippen LogP contribution < -0.4 is 0 Å². The first-order valence-corrected chi connectivity index (χ1v) is 3.91. The van der Waals surface area contributed by atoms with Crippen molar-refractivity contribution in [2.45, 2.75) is 38.5 Å². The monoisotopic (exact) mass is 148 g/mol. The largest absolute Gasteiger partial charge is 0.393 e. The number of hydrogen-bond acceptors (Lipinski definition) is 2. The summed E-state index contributed by atoms with van der Waals surface area (Å²) >= 11 is 4.30. The number of rotatable bonds is 3. The highest BCUT2D eigenvalue weighted by molar-refractivity contribution is 7.81. The van der Waals surface area contributed by atoms with E-state index < -0.39 is 0 Å². The summed E-state index contributed by atoms with van der Waals surface area (Å²) in [5.74, 6) is 0.558. The van der Waals surface area contributed by atoms with Crippen molar-refractivity contribution in [3.8, 4) is 0 Å². The molecular formula is C7H16OS. The summed E-state index contributed by atoms with van der Waals surface area (Å²) in [6.07, 6.45) is 0.579. The molecule has 0 heterocycles. The zero-order chi connectivity index (χ0) is 7.44. The third-order valence-electron chi connectivity index (χ3n) is 1.35.